The second kappa shape index (κ2) is 16.6. The molecule has 13 heteroatoms. The number of amides is 3. The third-order valence-electron chi connectivity index (χ3n) is 5.64. The Morgan fingerprint density at radius 2 is 1.87 bits per heavy atom. The van der Waals surface area contributed by atoms with E-state index in [9.17, 15) is 24.0 Å². The minimum Gasteiger partial charge on any atom is -0.480 e. The molecule has 0 radical (unpaired) electrons. The molecule has 212 valence electrons. The maximum Gasteiger partial charge on any atom is 0.322 e. The second-order valence-corrected chi connectivity index (χ2v) is 9.76. The number of benzene rings is 1. The fourth-order valence-electron chi connectivity index (χ4n) is 3.74. The third kappa shape index (κ3) is 10.7. The van der Waals surface area contributed by atoms with Crippen LogP contribution >= 0.6 is 11.8 Å². The van der Waals surface area contributed by atoms with Crippen LogP contribution in [0.3, 0.4) is 0 Å². The first-order chi connectivity index (χ1) is 17.9. The smallest absolute Gasteiger partial charge is 0.322 e. The van der Waals surface area contributed by atoms with Crippen molar-refractivity contribution in [3.63, 3.8) is 0 Å². The Morgan fingerprint density at radius 1 is 1.18 bits per heavy atom. The van der Waals surface area contributed by atoms with E-state index in [0.717, 1.165) is 35.0 Å². The van der Waals surface area contributed by atoms with Crippen LogP contribution in [0, 0.1) is 6.92 Å². The molecule has 0 aliphatic heterocycles. The van der Waals surface area contributed by atoms with Crippen molar-refractivity contribution >= 4 is 47.1 Å². The van der Waals surface area contributed by atoms with Gasteiger partial charge in [-0.3, -0.25) is 24.0 Å². The summed E-state index contributed by atoms with van der Waals surface area (Å²) in [6.45, 7) is 5.47. The number of hydrogen-bond donors (Lipinski definition) is 5. The molecule has 1 aromatic rings. The van der Waals surface area contributed by atoms with Crippen LogP contribution in [-0.2, 0) is 35.1 Å². The first kappa shape index (κ1) is 32.9. The van der Waals surface area contributed by atoms with Crippen molar-refractivity contribution in [2.45, 2.75) is 58.2 Å². The highest BCUT2D eigenvalue weighted by Crippen LogP contribution is 2.28. The van der Waals surface area contributed by atoms with Gasteiger partial charge in [0.25, 0.3) is 0 Å². The number of rotatable bonds is 17. The number of hydrogen-bond acceptors (Lipinski definition) is 8. The molecule has 0 heterocycles. The summed E-state index contributed by atoms with van der Waals surface area (Å²) in [5, 5.41) is 22.4. The molecule has 1 rings (SSSR count). The summed E-state index contributed by atoms with van der Waals surface area (Å²) in [5.41, 5.74) is 8.17. The molecule has 0 unspecified atom stereocenters. The Hall–Kier alpha value is -3.16. The Labute approximate surface area is 226 Å². The Bertz CT molecular complexity index is 990. The molecule has 3 atom stereocenters. The van der Waals surface area contributed by atoms with Gasteiger partial charge in [0.15, 0.2) is 0 Å². The summed E-state index contributed by atoms with van der Waals surface area (Å²) < 4.78 is 5.29. The topological polar surface area (TPSA) is 188 Å². The highest BCUT2D eigenvalue weighted by Gasteiger charge is 2.27. The van der Waals surface area contributed by atoms with E-state index >= 15 is 0 Å². The van der Waals surface area contributed by atoms with Crippen molar-refractivity contribution in [3.8, 4) is 0 Å². The number of aryl methyl sites for hydroxylation is 2. The van der Waals surface area contributed by atoms with Crippen LogP contribution in [0.4, 0.5) is 5.69 Å². The van der Waals surface area contributed by atoms with Crippen LogP contribution in [0.15, 0.2) is 18.2 Å². The van der Waals surface area contributed by atoms with Crippen molar-refractivity contribution in [1.29, 1.82) is 0 Å². The number of para-hydroxylation sites is 1. The zero-order chi connectivity index (χ0) is 28.8. The van der Waals surface area contributed by atoms with E-state index in [1.807, 2.05) is 39.0 Å². The molecule has 6 N–H and O–H groups in total. The van der Waals surface area contributed by atoms with E-state index in [2.05, 4.69) is 10.6 Å². The van der Waals surface area contributed by atoms with Gasteiger partial charge in [-0.15, -0.1) is 11.8 Å². The molecule has 1 aromatic carbocycles. The molecular formula is C25H38N4O8S. The fraction of sp³-hybridized carbons (Fsp3) is 0.560. The Kier molecular flexibility index (Phi) is 14.4. The predicted octanol–water partition coefficient (Wildman–Crippen LogP) is 0.536. The number of carboxylic acid groups (broad SMARTS) is 2. The summed E-state index contributed by atoms with van der Waals surface area (Å²) >= 11 is 1.11. The van der Waals surface area contributed by atoms with Crippen LogP contribution in [-0.4, -0.2) is 89.8 Å². The highest BCUT2D eigenvalue weighted by molar-refractivity contribution is 8.00. The predicted molar refractivity (Wildman–Crippen MR) is 144 cm³/mol. The zero-order valence-electron chi connectivity index (χ0n) is 22.2. The van der Waals surface area contributed by atoms with Crippen molar-refractivity contribution in [2.75, 3.05) is 36.7 Å². The van der Waals surface area contributed by atoms with Gasteiger partial charge in [-0.1, -0.05) is 25.1 Å². The maximum absolute atomic E-state index is 13.4. The minimum absolute atomic E-state index is 0.0190. The number of carboxylic acids is 2. The first-order valence-electron chi connectivity index (χ1n) is 12.2. The molecule has 0 saturated carbocycles. The zero-order valence-corrected chi connectivity index (χ0v) is 23.0. The van der Waals surface area contributed by atoms with E-state index in [0.29, 0.717) is 6.61 Å². The van der Waals surface area contributed by atoms with Crippen LogP contribution < -0.4 is 21.3 Å². The van der Waals surface area contributed by atoms with Gasteiger partial charge in [0, 0.05) is 19.3 Å². The minimum atomic E-state index is -1.26. The number of nitrogens with two attached hydrogens (primary N) is 1. The number of carbonyl (C=O) groups excluding carboxylic acids is 3. The molecule has 0 fully saturated rings. The van der Waals surface area contributed by atoms with Crippen LogP contribution in [0.1, 0.15) is 37.8 Å². The second-order valence-electron chi connectivity index (χ2n) is 8.73. The first-order valence-corrected chi connectivity index (χ1v) is 13.3. The van der Waals surface area contributed by atoms with Crippen molar-refractivity contribution < 1.29 is 38.9 Å². The van der Waals surface area contributed by atoms with Crippen LogP contribution in [0.5, 0.6) is 0 Å². The lowest BCUT2D eigenvalue weighted by molar-refractivity contribution is -0.139. The Balaban J connectivity index is 2.99. The average molecular weight is 555 g/mol. The average Bonchev–Trinajstić information content (AvgIpc) is 2.86. The van der Waals surface area contributed by atoms with Gasteiger partial charge < -0.3 is 36.2 Å². The molecule has 12 nitrogen and oxygen atoms in total. The number of carbonyl (C=O) groups is 5. The van der Waals surface area contributed by atoms with Gasteiger partial charge in [-0.2, -0.15) is 0 Å². The maximum atomic E-state index is 13.4. The number of nitrogens with one attached hydrogen (secondary N) is 2. The van der Waals surface area contributed by atoms with E-state index in [1.54, 1.807) is 12.0 Å². The van der Waals surface area contributed by atoms with Gasteiger partial charge in [-0.05, 0) is 37.8 Å². The molecule has 0 aromatic heterocycles. The van der Waals surface area contributed by atoms with Gasteiger partial charge in [0.05, 0.1) is 24.1 Å². The number of anilines is 1. The van der Waals surface area contributed by atoms with Crippen LogP contribution in [0.2, 0.25) is 0 Å². The summed E-state index contributed by atoms with van der Waals surface area (Å²) in [6, 6.07) is 3.17. The number of aliphatic carboxylic acids is 2. The molecule has 38 heavy (non-hydrogen) atoms. The largest absolute Gasteiger partial charge is 0.480 e. The summed E-state index contributed by atoms with van der Waals surface area (Å²) in [4.78, 5) is 61.7. The Morgan fingerprint density at radius 3 is 2.45 bits per heavy atom. The lowest BCUT2D eigenvalue weighted by atomic mass is 10.0. The lowest BCUT2D eigenvalue weighted by Crippen LogP contribution is -2.50. The third-order valence-corrected chi connectivity index (χ3v) is 6.66. The standard InChI is InChI=1S/C25H38N4O8S/c1-5-17-8-6-7-15(2)23(17)29(16(3)12-37-4)21(31)14-38-13-19(24(34)27-11-22(32)33)28-20(30)10-9-18(26)25(35)36/h6-8,16,18-19H,5,9-14,26H2,1-4H3,(H,27,34)(H,28,30)(H,32,33)(H,35,36)/t16-,18-,19-/m0/s1. The quantitative estimate of drug-likeness (QED) is 0.182. The van der Waals surface area contributed by atoms with E-state index in [1.165, 1.54) is 0 Å². The number of thioether (sulfide) groups is 1. The lowest BCUT2D eigenvalue weighted by Gasteiger charge is -2.32. The summed E-state index contributed by atoms with van der Waals surface area (Å²) in [6.07, 6.45) is 0.338. The summed E-state index contributed by atoms with van der Waals surface area (Å²) in [7, 11) is 1.55. The van der Waals surface area contributed by atoms with Crippen molar-refractivity contribution in [3.05, 3.63) is 29.3 Å². The fourth-order valence-corrected chi connectivity index (χ4v) is 4.64. The molecule has 0 aliphatic rings. The highest BCUT2D eigenvalue weighted by atomic mass is 32.2. The van der Waals surface area contributed by atoms with Crippen molar-refractivity contribution in [2.24, 2.45) is 5.73 Å². The van der Waals surface area contributed by atoms with Gasteiger partial charge in [0.2, 0.25) is 17.7 Å². The molecule has 0 spiro atoms. The van der Waals surface area contributed by atoms with E-state index in [4.69, 9.17) is 20.7 Å². The SMILES string of the molecule is CCc1cccc(C)c1N(C(=O)CSC[C@H](NC(=O)CC[C@H](N)C(=O)O)C(=O)NCC(=O)O)[C@@H](C)COC. The number of nitrogens with zero attached hydrogens (tertiary/aromatic N) is 1. The molecular weight excluding hydrogens is 516 g/mol. The van der Waals surface area contributed by atoms with Crippen LogP contribution in [0.25, 0.3) is 0 Å². The molecule has 0 aliphatic carbocycles. The van der Waals surface area contributed by atoms with Gasteiger partial charge >= 0.3 is 11.9 Å². The summed E-state index contributed by atoms with van der Waals surface area (Å²) in [5.74, 6) is -4.12. The number of methoxy groups -OCH3 is 1. The van der Waals surface area contributed by atoms with Crippen molar-refractivity contribution in [1.82, 2.24) is 10.6 Å². The van der Waals surface area contributed by atoms with Gasteiger partial charge in [-0.25, -0.2) is 0 Å². The number of ether oxygens (including phenoxy) is 1. The molecule has 0 saturated heterocycles. The van der Waals surface area contributed by atoms with E-state index < -0.39 is 42.4 Å². The molecule has 0 bridgehead atoms. The monoisotopic (exact) mass is 554 g/mol. The normalized spacial score (nSPS) is 13.2. The van der Waals surface area contributed by atoms with E-state index in [-0.39, 0.29) is 36.3 Å². The van der Waals surface area contributed by atoms with Gasteiger partial charge in [0.1, 0.15) is 18.6 Å². The molecule has 3 amide bonds.